The molecule has 4 nitrogen and oxygen atoms in total. The topological polar surface area (TPSA) is 54.9 Å². The first-order valence-electron chi connectivity index (χ1n) is 4.81. The Labute approximate surface area is 125 Å². The van der Waals surface area contributed by atoms with Gasteiger partial charge in [0.05, 0.1) is 6.20 Å². The van der Waals surface area contributed by atoms with Gasteiger partial charge in [-0.1, -0.05) is 17.7 Å². The fourth-order valence-corrected chi connectivity index (χ4v) is 2.34. The van der Waals surface area contributed by atoms with Crippen LogP contribution in [0, 0.1) is 0 Å². The second-order valence-corrected chi connectivity index (χ2v) is 5.30. The summed E-state index contributed by atoms with van der Waals surface area (Å²) in [6.07, 6.45) is 1.50. The second kappa shape index (κ2) is 5.77. The van der Waals surface area contributed by atoms with E-state index in [1.807, 2.05) is 0 Å². The molecule has 0 aliphatic rings. The molecule has 0 bridgehead atoms. The minimum absolute atomic E-state index is 0.296. The minimum Gasteiger partial charge on any atom is -0.304 e. The lowest BCUT2D eigenvalue weighted by Gasteiger charge is -2.06. The van der Waals surface area contributed by atoms with E-state index in [1.54, 1.807) is 24.3 Å². The molecular weight excluding hydrogens is 385 g/mol. The number of carbonyl (C=O) groups excluding carboxylic acids is 1. The normalized spacial score (nSPS) is 10.2. The Balaban J connectivity index is 2.21. The third-order valence-corrected chi connectivity index (χ3v) is 3.19. The maximum absolute atomic E-state index is 11.9. The van der Waals surface area contributed by atoms with E-state index >= 15 is 0 Å². The van der Waals surface area contributed by atoms with Crippen molar-refractivity contribution in [2.45, 2.75) is 0 Å². The van der Waals surface area contributed by atoms with Crippen molar-refractivity contribution in [2.24, 2.45) is 0 Å². The highest BCUT2D eigenvalue weighted by molar-refractivity contribution is 9.11. The Morgan fingerprint density at radius 3 is 2.78 bits per heavy atom. The first kappa shape index (κ1) is 13.5. The van der Waals surface area contributed by atoms with Crippen molar-refractivity contribution >= 4 is 55.2 Å². The highest BCUT2D eigenvalue weighted by atomic mass is 79.9. The van der Waals surface area contributed by atoms with Crippen molar-refractivity contribution in [3.05, 3.63) is 50.3 Å². The summed E-state index contributed by atoms with van der Waals surface area (Å²) in [5, 5.41) is 3.15. The number of nitrogens with one attached hydrogen (secondary N) is 1. The molecule has 1 aromatic carbocycles. The van der Waals surface area contributed by atoms with Crippen LogP contribution in [0.3, 0.4) is 0 Å². The fraction of sp³-hybridized carbons (Fsp3) is 0. The molecule has 1 amide bonds. The quantitative estimate of drug-likeness (QED) is 0.845. The van der Waals surface area contributed by atoms with Gasteiger partial charge in [0.1, 0.15) is 9.21 Å². The van der Waals surface area contributed by atoms with Crippen LogP contribution in [-0.2, 0) is 0 Å². The van der Waals surface area contributed by atoms with E-state index in [-0.39, 0.29) is 5.91 Å². The van der Waals surface area contributed by atoms with Gasteiger partial charge in [0.25, 0.3) is 5.91 Å². The van der Waals surface area contributed by atoms with Crippen molar-refractivity contribution in [2.75, 3.05) is 5.32 Å². The van der Waals surface area contributed by atoms with Gasteiger partial charge in [0.15, 0.2) is 5.82 Å². The standard InChI is InChI=1S/C11H6Br2ClN3O/c12-8-5-15-10(9(13)16-8)17-11(18)6-2-1-3-7(14)4-6/h1-5H,(H,15,17,18). The molecule has 0 aliphatic heterocycles. The van der Waals surface area contributed by atoms with Gasteiger partial charge in [-0.3, -0.25) is 4.79 Å². The number of carbonyl (C=O) groups is 1. The van der Waals surface area contributed by atoms with Crippen LogP contribution in [0.2, 0.25) is 5.02 Å². The zero-order chi connectivity index (χ0) is 13.1. The first-order chi connectivity index (χ1) is 8.56. The molecule has 2 aromatic rings. The summed E-state index contributed by atoms with van der Waals surface area (Å²) in [5.74, 6) is 0.0537. The molecule has 0 fully saturated rings. The largest absolute Gasteiger partial charge is 0.304 e. The third-order valence-electron chi connectivity index (χ3n) is 2.02. The van der Waals surface area contributed by atoms with Gasteiger partial charge >= 0.3 is 0 Å². The van der Waals surface area contributed by atoms with Crippen molar-refractivity contribution in [1.29, 1.82) is 0 Å². The Morgan fingerprint density at radius 2 is 2.11 bits per heavy atom. The predicted molar refractivity (Wildman–Crippen MR) is 76.8 cm³/mol. The van der Waals surface area contributed by atoms with E-state index in [2.05, 4.69) is 47.1 Å². The van der Waals surface area contributed by atoms with Crippen LogP contribution in [0.4, 0.5) is 5.82 Å². The zero-order valence-corrected chi connectivity index (χ0v) is 12.8. The zero-order valence-electron chi connectivity index (χ0n) is 8.82. The number of nitrogens with zero attached hydrogens (tertiary/aromatic N) is 2. The molecule has 1 heterocycles. The predicted octanol–water partition coefficient (Wildman–Crippen LogP) is 3.91. The monoisotopic (exact) mass is 389 g/mol. The molecule has 7 heteroatoms. The van der Waals surface area contributed by atoms with Crippen LogP contribution in [0.15, 0.2) is 39.7 Å². The van der Waals surface area contributed by atoms with E-state index < -0.39 is 0 Å². The highest BCUT2D eigenvalue weighted by Crippen LogP contribution is 2.20. The number of amides is 1. The fourth-order valence-electron chi connectivity index (χ4n) is 1.24. The minimum atomic E-state index is -0.296. The lowest BCUT2D eigenvalue weighted by Crippen LogP contribution is -2.13. The van der Waals surface area contributed by atoms with Crippen LogP contribution < -0.4 is 5.32 Å². The number of benzene rings is 1. The number of aromatic nitrogens is 2. The van der Waals surface area contributed by atoms with Gasteiger partial charge in [-0.25, -0.2) is 9.97 Å². The molecule has 0 saturated carbocycles. The number of rotatable bonds is 2. The van der Waals surface area contributed by atoms with E-state index in [9.17, 15) is 4.79 Å². The molecular formula is C11H6Br2ClN3O. The maximum atomic E-state index is 11.9. The maximum Gasteiger partial charge on any atom is 0.256 e. The summed E-state index contributed by atoms with van der Waals surface area (Å²) >= 11 is 12.2. The molecule has 1 aromatic heterocycles. The van der Waals surface area contributed by atoms with Crippen LogP contribution in [-0.4, -0.2) is 15.9 Å². The number of hydrogen-bond acceptors (Lipinski definition) is 3. The molecule has 0 spiro atoms. The summed E-state index contributed by atoms with van der Waals surface area (Å²) in [7, 11) is 0. The third kappa shape index (κ3) is 3.28. The molecule has 0 atom stereocenters. The summed E-state index contributed by atoms with van der Waals surface area (Å²) in [6.45, 7) is 0. The van der Waals surface area contributed by atoms with Gasteiger partial charge in [0, 0.05) is 10.6 Å². The van der Waals surface area contributed by atoms with E-state index in [4.69, 9.17) is 11.6 Å². The molecule has 92 valence electrons. The van der Waals surface area contributed by atoms with Crippen LogP contribution in [0.5, 0.6) is 0 Å². The number of hydrogen-bond donors (Lipinski definition) is 1. The van der Waals surface area contributed by atoms with Gasteiger partial charge in [0.2, 0.25) is 0 Å². The number of halogens is 3. The van der Waals surface area contributed by atoms with Gasteiger partial charge in [-0.05, 0) is 50.1 Å². The second-order valence-electron chi connectivity index (χ2n) is 3.30. The summed E-state index contributed by atoms with van der Waals surface area (Å²) in [5.41, 5.74) is 0.458. The van der Waals surface area contributed by atoms with Gasteiger partial charge in [-0.2, -0.15) is 0 Å². The summed E-state index contributed by atoms with van der Waals surface area (Å²) in [6, 6.07) is 6.66. The molecule has 18 heavy (non-hydrogen) atoms. The van der Waals surface area contributed by atoms with Crippen molar-refractivity contribution in [3.8, 4) is 0 Å². The summed E-state index contributed by atoms with van der Waals surface area (Å²) < 4.78 is 1.03. The average Bonchev–Trinajstić information content (AvgIpc) is 2.32. The van der Waals surface area contributed by atoms with Crippen molar-refractivity contribution in [1.82, 2.24) is 9.97 Å². The average molecular weight is 391 g/mol. The molecule has 2 rings (SSSR count). The Hall–Kier alpha value is -0.980. The lowest BCUT2D eigenvalue weighted by molar-refractivity contribution is 0.102. The Bertz CT molecular complexity index is 607. The Morgan fingerprint density at radius 1 is 1.33 bits per heavy atom. The van der Waals surface area contributed by atoms with Crippen LogP contribution in [0.25, 0.3) is 0 Å². The first-order valence-corrected chi connectivity index (χ1v) is 6.77. The lowest BCUT2D eigenvalue weighted by atomic mass is 10.2. The molecule has 0 unspecified atom stereocenters. The molecule has 0 aliphatic carbocycles. The molecule has 0 saturated heterocycles. The van der Waals surface area contributed by atoms with Crippen LogP contribution in [0.1, 0.15) is 10.4 Å². The number of anilines is 1. The molecule has 1 N–H and O–H groups in total. The molecule has 0 radical (unpaired) electrons. The van der Waals surface area contributed by atoms with Gasteiger partial charge < -0.3 is 5.32 Å². The Kier molecular flexibility index (Phi) is 4.31. The highest BCUT2D eigenvalue weighted by Gasteiger charge is 2.10. The van der Waals surface area contributed by atoms with Crippen molar-refractivity contribution < 1.29 is 4.79 Å². The smallest absolute Gasteiger partial charge is 0.256 e. The van der Waals surface area contributed by atoms with Crippen molar-refractivity contribution in [3.63, 3.8) is 0 Å². The van der Waals surface area contributed by atoms with E-state index in [0.29, 0.717) is 25.6 Å². The van der Waals surface area contributed by atoms with E-state index in [1.165, 1.54) is 6.20 Å². The summed E-state index contributed by atoms with van der Waals surface area (Å²) in [4.78, 5) is 20.0. The SMILES string of the molecule is O=C(Nc1ncc(Br)nc1Br)c1cccc(Cl)c1. The van der Waals surface area contributed by atoms with Crippen LogP contribution >= 0.6 is 43.5 Å². The van der Waals surface area contributed by atoms with E-state index in [0.717, 1.165) is 0 Å². The van der Waals surface area contributed by atoms with Gasteiger partial charge in [-0.15, -0.1) is 0 Å².